The molecule has 0 unspecified atom stereocenters. The summed E-state index contributed by atoms with van der Waals surface area (Å²) in [7, 11) is 0. The SMILES string of the molecule is O=C(c1ccccc1C(F)(F)F)N1CCC(CO)(CN2CCCC2)CC1.O=CO. The molecule has 6 nitrogen and oxygen atoms in total. The second-order valence-electron chi connectivity index (χ2n) is 7.58. The highest BCUT2D eigenvalue weighted by Gasteiger charge is 2.40. The van der Waals surface area contributed by atoms with Gasteiger partial charge in [-0.05, 0) is 50.9 Å². The van der Waals surface area contributed by atoms with E-state index in [0.29, 0.717) is 25.9 Å². The van der Waals surface area contributed by atoms with Crippen LogP contribution in [0.25, 0.3) is 0 Å². The Bertz CT molecular complexity index is 683. The lowest BCUT2D eigenvalue weighted by Crippen LogP contribution is -2.49. The molecule has 1 aromatic rings. The first-order chi connectivity index (χ1) is 13.8. The average Bonchev–Trinajstić information content (AvgIpc) is 3.21. The summed E-state index contributed by atoms with van der Waals surface area (Å²) in [5.74, 6) is -0.578. The summed E-state index contributed by atoms with van der Waals surface area (Å²) < 4.78 is 39.5. The van der Waals surface area contributed by atoms with Gasteiger partial charge >= 0.3 is 6.18 Å². The molecule has 0 spiro atoms. The molecular formula is C20H27F3N2O4. The van der Waals surface area contributed by atoms with Crippen LogP contribution in [0.15, 0.2) is 24.3 Å². The van der Waals surface area contributed by atoms with E-state index in [9.17, 15) is 23.1 Å². The van der Waals surface area contributed by atoms with E-state index < -0.39 is 17.6 Å². The van der Waals surface area contributed by atoms with Gasteiger partial charge in [-0.15, -0.1) is 0 Å². The average molecular weight is 416 g/mol. The van der Waals surface area contributed by atoms with Crippen molar-refractivity contribution in [3.8, 4) is 0 Å². The number of piperidine rings is 1. The van der Waals surface area contributed by atoms with Gasteiger partial charge in [0.1, 0.15) is 0 Å². The first kappa shape index (κ1) is 23.2. The van der Waals surface area contributed by atoms with Gasteiger partial charge in [0, 0.05) is 25.0 Å². The fraction of sp³-hybridized carbons (Fsp3) is 0.600. The first-order valence-electron chi connectivity index (χ1n) is 9.63. The molecule has 29 heavy (non-hydrogen) atoms. The topological polar surface area (TPSA) is 81.1 Å². The Labute approximate surface area is 167 Å². The minimum Gasteiger partial charge on any atom is -0.483 e. The van der Waals surface area contributed by atoms with Crippen molar-refractivity contribution in [1.29, 1.82) is 0 Å². The van der Waals surface area contributed by atoms with Crippen LogP contribution in [0.5, 0.6) is 0 Å². The molecule has 2 N–H and O–H groups in total. The molecule has 2 saturated heterocycles. The van der Waals surface area contributed by atoms with Crippen LogP contribution in [0.3, 0.4) is 0 Å². The van der Waals surface area contributed by atoms with Crippen LogP contribution in [0, 0.1) is 5.41 Å². The number of nitrogens with zero attached hydrogens (tertiary/aromatic N) is 2. The third kappa shape index (κ3) is 5.93. The molecule has 0 bridgehead atoms. The van der Waals surface area contributed by atoms with Crippen molar-refractivity contribution in [3.63, 3.8) is 0 Å². The smallest absolute Gasteiger partial charge is 0.417 e. The van der Waals surface area contributed by atoms with Gasteiger partial charge in [0.2, 0.25) is 0 Å². The number of hydrogen-bond donors (Lipinski definition) is 2. The second-order valence-corrected chi connectivity index (χ2v) is 7.58. The van der Waals surface area contributed by atoms with E-state index in [-0.39, 0.29) is 24.1 Å². The number of hydrogen-bond acceptors (Lipinski definition) is 4. The third-order valence-corrected chi connectivity index (χ3v) is 5.67. The second kappa shape index (κ2) is 10.1. The Morgan fingerprint density at radius 3 is 2.17 bits per heavy atom. The minimum atomic E-state index is -4.55. The zero-order valence-electron chi connectivity index (χ0n) is 16.2. The van der Waals surface area contributed by atoms with E-state index in [1.54, 1.807) is 0 Å². The Hall–Kier alpha value is -2.13. The van der Waals surface area contributed by atoms with E-state index in [0.717, 1.165) is 25.7 Å². The monoisotopic (exact) mass is 416 g/mol. The Morgan fingerprint density at radius 1 is 1.10 bits per heavy atom. The molecule has 0 atom stereocenters. The normalized spacial score (nSPS) is 19.4. The molecule has 2 aliphatic heterocycles. The van der Waals surface area contributed by atoms with Crippen molar-refractivity contribution < 1.29 is 33.0 Å². The van der Waals surface area contributed by atoms with Crippen LogP contribution in [0.2, 0.25) is 0 Å². The Morgan fingerprint density at radius 2 is 1.66 bits per heavy atom. The van der Waals surface area contributed by atoms with Crippen LogP contribution in [-0.2, 0) is 11.0 Å². The maximum absolute atomic E-state index is 13.2. The summed E-state index contributed by atoms with van der Waals surface area (Å²) in [5.41, 5.74) is -1.44. The molecule has 162 valence electrons. The van der Waals surface area contributed by atoms with Crippen molar-refractivity contribution in [2.75, 3.05) is 39.3 Å². The van der Waals surface area contributed by atoms with E-state index >= 15 is 0 Å². The highest BCUT2D eigenvalue weighted by Crippen LogP contribution is 2.36. The van der Waals surface area contributed by atoms with E-state index in [2.05, 4.69) is 4.90 Å². The van der Waals surface area contributed by atoms with Crippen molar-refractivity contribution in [3.05, 3.63) is 35.4 Å². The number of aliphatic hydroxyl groups is 1. The van der Waals surface area contributed by atoms with Crippen LogP contribution < -0.4 is 0 Å². The molecule has 2 heterocycles. The molecule has 1 aromatic carbocycles. The predicted molar refractivity (Wildman–Crippen MR) is 100 cm³/mol. The predicted octanol–water partition coefficient (Wildman–Crippen LogP) is 2.72. The Balaban J connectivity index is 0.000000941. The molecular weight excluding hydrogens is 389 g/mol. The van der Waals surface area contributed by atoms with Gasteiger partial charge in [-0.1, -0.05) is 12.1 Å². The van der Waals surface area contributed by atoms with Crippen molar-refractivity contribution >= 4 is 12.4 Å². The number of alkyl halides is 3. The quantitative estimate of drug-likeness (QED) is 0.738. The number of benzene rings is 1. The molecule has 1 amide bonds. The maximum atomic E-state index is 13.2. The van der Waals surface area contributed by atoms with Crippen molar-refractivity contribution in [1.82, 2.24) is 9.80 Å². The number of halogens is 3. The number of aliphatic hydroxyl groups excluding tert-OH is 1. The zero-order chi connectivity index (χ0) is 21.5. The lowest BCUT2D eigenvalue weighted by molar-refractivity contribution is -0.138. The molecule has 0 aromatic heterocycles. The molecule has 0 aliphatic carbocycles. The minimum absolute atomic E-state index is 0.0463. The maximum Gasteiger partial charge on any atom is 0.417 e. The van der Waals surface area contributed by atoms with Gasteiger partial charge in [0.25, 0.3) is 12.4 Å². The first-order valence-corrected chi connectivity index (χ1v) is 9.63. The van der Waals surface area contributed by atoms with Gasteiger partial charge in [-0.3, -0.25) is 9.59 Å². The van der Waals surface area contributed by atoms with Crippen LogP contribution >= 0.6 is 0 Å². The van der Waals surface area contributed by atoms with E-state index in [1.165, 1.54) is 35.9 Å². The number of likely N-dealkylation sites (tertiary alicyclic amines) is 2. The summed E-state index contributed by atoms with van der Waals surface area (Å²) in [4.78, 5) is 24.9. The zero-order valence-corrected chi connectivity index (χ0v) is 16.2. The summed E-state index contributed by atoms with van der Waals surface area (Å²) >= 11 is 0. The lowest BCUT2D eigenvalue weighted by Gasteiger charge is -2.42. The molecule has 2 aliphatic rings. The molecule has 9 heteroatoms. The fourth-order valence-corrected chi connectivity index (χ4v) is 4.05. The molecule has 2 fully saturated rings. The molecule has 0 saturated carbocycles. The number of amides is 1. The van der Waals surface area contributed by atoms with Gasteiger partial charge < -0.3 is 20.0 Å². The summed E-state index contributed by atoms with van der Waals surface area (Å²) in [5, 5.41) is 16.8. The standard InChI is InChI=1S/C19H25F3N2O2.CH2O2/c20-19(21,22)16-6-2-1-5-15(16)17(26)24-11-7-18(14-25,8-12-24)13-23-9-3-4-10-23;2-1-3/h1-2,5-6,25H,3-4,7-14H2;1H,(H,2,3). The van der Waals surface area contributed by atoms with E-state index in [1.807, 2.05) is 0 Å². The highest BCUT2D eigenvalue weighted by atomic mass is 19.4. The van der Waals surface area contributed by atoms with E-state index in [4.69, 9.17) is 9.90 Å². The largest absolute Gasteiger partial charge is 0.483 e. The number of carbonyl (C=O) groups excluding carboxylic acids is 1. The van der Waals surface area contributed by atoms with Gasteiger partial charge in [0.15, 0.2) is 0 Å². The summed E-state index contributed by atoms with van der Waals surface area (Å²) in [6.07, 6.45) is -0.993. The number of carboxylic acid groups (broad SMARTS) is 1. The molecule has 3 rings (SSSR count). The van der Waals surface area contributed by atoms with Gasteiger partial charge in [-0.25, -0.2) is 0 Å². The Kier molecular flexibility index (Phi) is 8.04. The highest BCUT2D eigenvalue weighted by molar-refractivity contribution is 5.96. The van der Waals surface area contributed by atoms with Gasteiger partial charge in [-0.2, -0.15) is 13.2 Å². The van der Waals surface area contributed by atoms with Gasteiger partial charge in [0.05, 0.1) is 17.7 Å². The van der Waals surface area contributed by atoms with Crippen LogP contribution in [0.4, 0.5) is 13.2 Å². The van der Waals surface area contributed by atoms with Crippen LogP contribution in [0.1, 0.15) is 41.6 Å². The number of rotatable bonds is 4. The van der Waals surface area contributed by atoms with Crippen molar-refractivity contribution in [2.45, 2.75) is 31.9 Å². The van der Waals surface area contributed by atoms with Crippen LogP contribution in [-0.4, -0.2) is 71.7 Å². The summed E-state index contributed by atoms with van der Waals surface area (Å²) in [6, 6.07) is 4.94. The molecule has 0 radical (unpaired) electrons. The fourth-order valence-electron chi connectivity index (χ4n) is 4.05. The third-order valence-electron chi connectivity index (χ3n) is 5.67. The summed E-state index contributed by atoms with van der Waals surface area (Å²) in [6.45, 7) is 3.40. The van der Waals surface area contributed by atoms with Crippen molar-refractivity contribution in [2.24, 2.45) is 5.41 Å². The number of carbonyl (C=O) groups is 2. The lowest BCUT2D eigenvalue weighted by atomic mass is 9.78.